The van der Waals surface area contributed by atoms with Crippen molar-refractivity contribution in [3.05, 3.63) is 53.0 Å². The molecule has 7 heteroatoms. The molecular formula is C17H15N3O3S. The monoisotopic (exact) mass is 341 g/mol. The number of carbonyl (C=O) groups is 1. The second kappa shape index (κ2) is 6.37. The number of benzene rings is 2. The Hall–Kier alpha value is -2.80. The Bertz CT molecular complexity index is 861. The third-order valence-electron chi connectivity index (χ3n) is 3.63. The van der Waals surface area contributed by atoms with Crippen LogP contribution in [0.5, 0.6) is 11.5 Å². The lowest BCUT2D eigenvalue weighted by molar-refractivity contribution is 0.174. The molecule has 6 nitrogen and oxygen atoms in total. The topological polar surface area (TPSA) is 72.5 Å². The van der Waals surface area contributed by atoms with E-state index in [0.29, 0.717) is 18.8 Å². The molecule has 2 amide bonds. The van der Waals surface area contributed by atoms with Crippen molar-refractivity contribution in [3.8, 4) is 11.5 Å². The highest BCUT2D eigenvalue weighted by atomic mass is 32.1. The number of para-hydroxylation sites is 1. The Balaban J connectivity index is 1.30. The van der Waals surface area contributed by atoms with Crippen LogP contribution in [0.15, 0.2) is 42.5 Å². The lowest BCUT2D eigenvalue weighted by Gasteiger charge is -2.07. The summed E-state index contributed by atoms with van der Waals surface area (Å²) in [7, 11) is 0. The van der Waals surface area contributed by atoms with Gasteiger partial charge in [0.15, 0.2) is 11.5 Å². The van der Waals surface area contributed by atoms with E-state index in [1.807, 2.05) is 42.5 Å². The van der Waals surface area contributed by atoms with Crippen molar-refractivity contribution < 1.29 is 14.3 Å². The van der Waals surface area contributed by atoms with E-state index < -0.39 is 0 Å². The normalized spacial score (nSPS) is 12.3. The molecule has 2 aromatic carbocycles. The number of fused-ring (bicyclic) bond motifs is 2. The van der Waals surface area contributed by atoms with Crippen LogP contribution in [0.4, 0.5) is 4.79 Å². The highest BCUT2D eigenvalue weighted by Crippen LogP contribution is 2.32. The number of hydrogen-bond donors (Lipinski definition) is 2. The molecule has 1 aliphatic heterocycles. The third kappa shape index (κ3) is 3.11. The van der Waals surface area contributed by atoms with Gasteiger partial charge in [0.05, 0.1) is 16.8 Å². The van der Waals surface area contributed by atoms with E-state index in [9.17, 15) is 4.79 Å². The molecule has 2 N–H and O–H groups in total. The van der Waals surface area contributed by atoms with Gasteiger partial charge in [-0.2, -0.15) is 0 Å². The van der Waals surface area contributed by atoms with Crippen LogP contribution >= 0.6 is 11.3 Å². The molecule has 2 heterocycles. The lowest BCUT2D eigenvalue weighted by Crippen LogP contribution is -2.34. The zero-order valence-electron chi connectivity index (χ0n) is 12.7. The minimum atomic E-state index is -0.230. The Morgan fingerprint density at radius 3 is 2.83 bits per heavy atom. The van der Waals surface area contributed by atoms with Gasteiger partial charge in [0.25, 0.3) is 0 Å². The number of rotatable bonds is 4. The number of thiazole rings is 1. The minimum Gasteiger partial charge on any atom is -0.454 e. The molecule has 0 atom stereocenters. The number of nitrogens with zero attached hydrogens (tertiary/aromatic N) is 1. The van der Waals surface area contributed by atoms with E-state index in [0.717, 1.165) is 26.5 Å². The quantitative estimate of drug-likeness (QED) is 0.765. The predicted octanol–water partition coefficient (Wildman–Crippen LogP) is 3.02. The maximum absolute atomic E-state index is 11.9. The Morgan fingerprint density at radius 1 is 1.08 bits per heavy atom. The van der Waals surface area contributed by atoms with Gasteiger partial charge < -0.3 is 20.1 Å². The number of ether oxygens (including phenoxy) is 2. The molecule has 0 spiro atoms. The van der Waals surface area contributed by atoms with Crippen LogP contribution < -0.4 is 20.1 Å². The lowest BCUT2D eigenvalue weighted by atomic mass is 10.2. The van der Waals surface area contributed by atoms with Crippen molar-refractivity contribution in [3.63, 3.8) is 0 Å². The van der Waals surface area contributed by atoms with Gasteiger partial charge >= 0.3 is 6.03 Å². The zero-order chi connectivity index (χ0) is 16.4. The van der Waals surface area contributed by atoms with Crippen molar-refractivity contribution in [1.29, 1.82) is 0 Å². The van der Waals surface area contributed by atoms with Crippen LogP contribution in [0.2, 0.25) is 0 Å². The van der Waals surface area contributed by atoms with Crippen LogP contribution in [0, 0.1) is 0 Å². The van der Waals surface area contributed by atoms with Crippen LogP contribution in [0.25, 0.3) is 10.2 Å². The van der Waals surface area contributed by atoms with Crippen molar-refractivity contribution in [2.24, 2.45) is 0 Å². The van der Waals surface area contributed by atoms with Gasteiger partial charge in [0, 0.05) is 6.54 Å². The van der Waals surface area contributed by atoms with Crippen molar-refractivity contribution in [1.82, 2.24) is 15.6 Å². The maximum atomic E-state index is 11.9. The van der Waals surface area contributed by atoms with Gasteiger partial charge in [-0.3, -0.25) is 0 Å². The zero-order valence-corrected chi connectivity index (χ0v) is 13.6. The van der Waals surface area contributed by atoms with E-state index >= 15 is 0 Å². The predicted molar refractivity (Wildman–Crippen MR) is 91.3 cm³/mol. The summed E-state index contributed by atoms with van der Waals surface area (Å²) in [6.07, 6.45) is 0. The van der Waals surface area contributed by atoms with Crippen LogP contribution in [0.3, 0.4) is 0 Å². The van der Waals surface area contributed by atoms with E-state index in [1.165, 1.54) is 0 Å². The Kier molecular flexibility index (Phi) is 3.92. The van der Waals surface area contributed by atoms with E-state index in [-0.39, 0.29) is 12.8 Å². The summed E-state index contributed by atoms with van der Waals surface area (Å²) in [5.74, 6) is 1.45. The fourth-order valence-corrected chi connectivity index (χ4v) is 3.35. The molecule has 0 aliphatic carbocycles. The largest absolute Gasteiger partial charge is 0.454 e. The molecule has 24 heavy (non-hydrogen) atoms. The maximum Gasteiger partial charge on any atom is 0.315 e. The molecule has 0 bridgehead atoms. The summed E-state index contributed by atoms with van der Waals surface area (Å²) in [5.41, 5.74) is 1.91. The smallest absolute Gasteiger partial charge is 0.315 e. The fourth-order valence-electron chi connectivity index (χ4n) is 2.45. The number of urea groups is 1. The van der Waals surface area contributed by atoms with Gasteiger partial charge in [0.2, 0.25) is 6.79 Å². The molecule has 0 fully saturated rings. The first-order valence-electron chi connectivity index (χ1n) is 7.52. The fraction of sp³-hybridized carbons (Fsp3) is 0.176. The number of nitrogens with one attached hydrogen (secondary N) is 2. The summed E-state index contributed by atoms with van der Waals surface area (Å²) < 4.78 is 11.7. The summed E-state index contributed by atoms with van der Waals surface area (Å²) in [4.78, 5) is 16.4. The first-order chi connectivity index (χ1) is 11.8. The number of carbonyl (C=O) groups excluding carboxylic acids is 1. The van der Waals surface area contributed by atoms with E-state index in [4.69, 9.17) is 9.47 Å². The molecule has 0 unspecified atom stereocenters. The average molecular weight is 341 g/mol. The average Bonchev–Trinajstić information content (AvgIpc) is 3.23. The molecule has 3 aromatic rings. The van der Waals surface area contributed by atoms with Crippen LogP contribution in [0.1, 0.15) is 10.6 Å². The molecule has 4 rings (SSSR count). The molecule has 0 radical (unpaired) electrons. The number of hydrogen-bond acceptors (Lipinski definition) is 5. The molecule has 122 valence electrons. The Labute approximate surface area is 142 Å². The van der Waals surface area contributed by atoms with Crippen molar-refractivity contribution in [2.45, 2.75) is 13.1 Å². The summed E-state index contributed by atoms with van der Waals surface area (Å²) in [6.45, 7) is 1.07. The SMILES string of the molecule is O=C(NCc1ccc2c(c1)OCO2)NCc1nc2ccccc2s1. The van der Waals surface area contributed by atoms with Gasteiger partial charge in [-0.25, -0.2) is 9.78 Å². The molecule has 0 saturated carbocycles. The van der Waals surface area contributed by atoms with Crippen LogP contribution in [-0.4, -0.2) is 17.8 Å². The minimum absolute atomic E-state index is 0.230. The number of aromatic nitrogens is 1. The van der Waals surface area contributed by atoms with Crippen LogP contribution in [-0.2, 0) is 13.1 Å². The summed E-state index contributed by atoms with van der Waals surface area (Å²) in [5, 5.41) is 6.53. The van der Waals surface area contributed by atoms with Gasteiger partial charge in [-0.1, -0.05) is 18.2 Å². The molecule has 1 aromatic heterocycles. The second-order valence-corrected chi connectivity index (χ2v) is 6.41. The third-order valence-corrected chi connectivity index (χ3v) is 4.66. The molecule has 0 saturated heterocycles. The summed E-state index contributed by atoms with van der Waals surface area (Å²) >= 11 is 1.58. The van der Waals surface area contributed by atoms with Gasteiger partial charge in [0.1, 0.15) is 5.01 Å². The highest BCUT2D eigenvalue weighted by Gasteiger charge is 2.13. The first-order valence-corrected chi connectivity index (χ1v) is 8.34. The van der Waals surface area contributed by atoms with Crippen molar-refractivity contribution >= 4 is 27.6 Å². The first kappa shape index (κ1) is 14.8. The van der Waals surface area contributed by atoms with E-state index in [2.05, 4.69) is 15.6 Å². The summed E-state index contributed by atoms with van der Waals surface area (Å²) in [6, 6.07) is 13.3. The van der Waals surface area contributed by atoms with Gasteiger partial charge in [-0.15, -0.1) is 11.3 Å². The Morgan fingerprint density at radius 2 is 1.92 bits per heavy atom. The standard InChI is InChI=1S/C17H15N3O3S/c21-17(18-8-11-5-6-13-14(7-11)23-10-22-13)19-9-16-20-12-3-1-2-4-15(12)24-16/h1-7H,8-10H2,(H2,18,19,21). The highest BCUT2D eigenvalue weighted by molar-refractivity contribution is 7.18. The van der Waals surface area contributed by atoms with Crippen molar-refractivity contribution in [2.75, 3.05) is 6.79 Å². The van der Waals surface area contributed by atoms with E-state index in [1.54, 1.807) is 11.3 Å². The molecule has 1 aliphatic rings. The second-order valence-electron chi connectivity index (χ2n) is 5.30. The van der Waals surface area contributed by atoms with Gasteiger partial charge in [-0.05, 0) is 29.8 Å². The molecular weight excluding hydrogens is 326 g/mol. The number of amides is 2.